The Labute approximate surface area is 319 Å². The molecule has 1 N–H and O–H groups in total. The lowest BCUT2D eigenvalue weighted by atomic mass is 10.0. The second kappa shape index (κ2) is 44.9. The van der Waals surface area contributed by atoms with Gasteiger partial charge in [-0.2, -0.15) is 0 Å². The first-order valence-electron chi connectivity index (χ1n) is 23.3. The van der Waals surface area contributed by atoms with E-state index in [1.54, 1.807) is 0 Å². The van der Waals surface area contributed by atoms with Crippen LogP contribution in [0.3, 0.4) is 0 Å². The third-order valence-corrected chi connectivity index (χ3v) is 10.6. The highest BCUT2D eigenvalue weighted by Crippen LogP contribution is 2.15. The van der Waals surface area contributed by atoms with Gasteiger partial charge in [-0.05, 0) is 25.7 Å². The van der Waals surface area contributed by atoms with E-state index in [0.717, 1.165) is 44.9 Å². The van der Waals surface area contributed by atoms with Gasteiger partial charge in [0.1, 0.15) is 0 Å². The van der Waals surface area contributed by atoms with Crippen LogP contribution in [0.5, 0.6) is 0 Å². The van der Waals surface area contributed by atoms with Gasteiger partial charge in [-0.3, -0.25) is 4.79 Å². The van der Waals surface area contributed by atoms with Crippen molar-refractivity contribution in [3.8, 4) is 0 Å². The molecule has 0 rings (SSSR count). The van der Waals surface area contributed by atoms with Gasteiger partial charge in [0, 0.05) is 13.0 Å². The third kappa shape index (κ3) is 44.8. The number of rotatable bonds is 43. The normalized spacial score (nSPS) is 11.3. The fourth-order valence-corrected chi connectivity index (χ4v) is 7.07. The summed E-state index contributed by atoms with van der Waals surface area (Å²) in [6.07, 6.45) is 49.8. The van der Waals surface area contributed by atoms with Crippen molar-refractivity contribution in [3.05, 3.63) is 0 Å². The average Bonchev–Trinajstić information content (AvgIpc) is 3.13. The molecule has 5 heteroatoms. The first-order valence-corrected chi connectivity index (χ1v) is 23.3. The summed E-state index contributed by atoms with van der Waals surface area (Å²) in [7, 11) is 0. The zero-order valence-corrected chi connectivity index (χ0v) is 34.8. The molecule has 0 aromatic heterocycles. The van der Waals surface area contributed by atoms with E-state index in [9.17, 15) is 9.59 Å². The molecule has 0 aliphatic carbocycles. The summed E-state index contributed by atoms with van der Waals surface area (Å²) in [5, 5.41) is 2.90. The van der Waals surface area contributed by atoms with Crippen LogP contribution in [0, 0.1) is 0 Å². The lowest BCUT2D eigenvalue weighted by molar-refractivity contribution is -0.143. The lowest BCUT2D eigenvalue weighted by Crippen LogP contribution is -2.25. The molecule has 0 aromatic rings. The van der Waals surface area contributed by atoms with Gasteiger partial charge in [-0.1, -0.05) is 232 Å². The summed E-state index contributed by atoms with van der Waals surface area (Å²) >= 11 is 0. The minimum atomic E-state index is -0.256. The zero-order chi connectivity index (χ0) is 37.0. The lowest BCUT2D eigenvalue weighted by Gasteiger charge is -2.07. The first-order chi connectivity index (χ1) is 25.2. The van der Waals surface area contributed by atoms with E-state index < -0.39 is 0 Å². The summed E-state index contributed by atoms with van der Waals surface area (Å²) in [6, 6.07) is 0. The minimum absolute atomic E-state index is 0.0124. The van der Waals surface area contributed by atoms with E-state index >= 15 is 0 Å². The maximum absolute atomic E-state index is 12.0. The van der Waals surface area contributed by atoms with Crippen molar-refractivity contribution < 1.29 is 19.1 Å². The summed E-state index contributed by atoms with van der Waals surface area (Å²) in [6.45, 7) is 6.42. The highest BCUT2D eigenvalue weighted by atomic mass is 16.5. The monoisotopic (exact) mass is 722 g/mol. The third-order valence-electron chi connectivity index (χ3n) is 10.6. The molecule has 0 bridgehead atoms. The molecule has 5 nitrogen and oxygen atoms in total. The number of alkyl carbamates (subject to hydrolysis) is 1. The topological polar surface area (TPSA) is 64.6 Å². The zero-order valence-electron chi connectivity index (χ0n) is 34.8. The maximum Gasteiger partial charge on any atom is 0.407 e. The molecule has 0 spiro atoms. The van der Waals surface area contributed by atoms with Crippen LogP contribution < -0.4 is 5.32 Å². The van der Waals surface area contributed by atoms with Gasteiger partial charge < -0.3 is 14.8 Å². The molecule has 0 fully saturated rings. The van der Waals surface area contributed by atoms with Crippen molar-refractivity contribution in [1.82, 2.24) is 5.32 Å². The second-order valence-electron chi connectivity index (χ2n) is 15.8. The van der Waals surface area contributed by atoms with E-state index in [4.69, 9.17) is 9.47 Å². The summed E-state index contributed by atoms with van der Waals surface area (Å²) < 4.78 is 10.8. The van der Waals surface area contributed by atoms with Gasteiger partial charge in [0.2, 0.25) is 0 Å². The number of carbonyl (C=O) groups excluding carboxylic acids is 2. The molecule has 51 heavy (non-hydrogen) atoms. The highest BCUT2D eigenvalue weighted by molar-refractivity contribution is 5.69. The molecule has 0 heterocycles. The van der Waals surface area contributed by atoms with Crippen molar-refractivity contribution in [2.75, 3.05) is 19.8 Å². The first kappa shape index (κ1) is 49.7. The number of hydrogen-bond donors (Lipinski definition) is 1. The number of esters is 1. The summed E-state index contributed by atoms with van der Waals surface area (Å²) in [4.78, 5) is 23.9. The highest BCUT2D eigenvalue weighted by Gasteiger charge is 2.04. The second-order valence-corrected chi connectivity index (χ2v) is 15.8. The van der Waals surface area contributed by atoms with Gasteiger partial charge >= 0.3 is 12.1 Å². The molecule has 0 aromatic carbocycles. The van der Waals surface area contributed by atoms with Crippen LogP contribution in [0.2, 0.25) is 0 Å². The van der Waals surface area contributed by atoms with Crippen molar-refractivity contribution in [3.63, 3.8) is 0 Å². The Bertz CT molecular complexity index is 684. The molecule has 0 saturated carbocycles. The molecule has 0 aliphatic heterocycles. The van der Waals surface area contributed by atoms with Crippen LogP contribution in [-0.2, 0) is 14.3 Å². The van der Waals surface area contributed by atoms with Gasteiger partial charge in [0.15, 0.2) is 0 Å². The van der Waals surface area contributed by atoms with E-state index in [0.29, 0.717) is 26.2 Å². The predicted molar refractivity (Wildman–Crippen MR) is 222 cm³/mol. The van der Waals surface area contributed by atoms with Crippen LogP contribution in [-0.4, -0.2) is 31.8 Å². The molecule has 1 amide bonds. The minimum Gasteiger partial charge on any atom is -0.466 e. The average molecular weight is 722 g/mol. The fourth-order valence-electron chi connectivity index (χ4n) is 7.07. The summed E-state index contributed by atoms with van der Waals surface area (Å²) in [5.41, 5.74) is 0. The number of ether oxygens (including phenoxy) is 2. The van der Waals surface area contributed by atoms with Gasteiger partial charge in [0.05, 0.1) is 13.2 Å². The smallest absolute Gasteiger partial charge is 0.407 e. The van der Waals surface area contributed by atoms with Crippen LogP contribution in [0.4, 0.5) is 4.79 Å². The molecule has 304 valence electrons. The van der Waals surface area contributed by atoms with Crippen LogP contribution in [0.1, 0.15) is 264 Å². The molecular formula is C46H91NO4. The van der Waals surface area contributed by atoms with Crippen LogP contribution in [0.15, 0.2) is 0 Å². The number of hydrogen-bond acceptors (Lipinski definition) is 4. The fraction of sp³-hybridized carbons (Fsp3) is 0.957. The molecular weight excluding hydrogens is 631 g/mol. The van der Waals surface area contributed by atoms with Gasteiger partial charge in [-0.15, -0.1) is 0 Å². The number of nitrogens with one attached hydrogen (secondary N) is 1. The number of amides is 1. The van der Waals surface area contributed by atoms with Crippen molar-refractivity contribution in [2.45, 2.75) is 264 Å². The number of carbonyl (C=O) groups is 2. The molecule has 0 saturated heterocycles. The van der Waals surface area contributed by atoms with E-state index in [-0.39, 0.29) is 12.1 Å². The Kier molecular flexibility index (Phi) is 43.8. The van der Waals surface area contributed by atoms with E-state index in [2.05, 4.69) is 19.2 Å². The predicted octanol–water partition coefficient (Wildman–Crippen LogP) is 15.5. The van der Waals surface area contributed by atoms with Crippen molar-refractivity contribution in [2.24, 2.45) is 0 Å². The Morgan fingerprint density at radius 3 is 0.961 bits per heavy atom. The van der Waals surface area contributed by atoms with E-state index in [1.807, 2.05) is 0 Å². The SMILES string of the molecule is CCCCCCCCCCCCCCCCCCOC(=O)CCCCCCCCCCNC(=O)OCCCCCCCCCCCCCCCC. The summed E-state index contributed by atoms with van der Waals surface area (Å²) in [5.74, 6) is -0.0124. The standard InChI is InChI=1S/C46H91NO4/c1-3-5-7-9-11-13-15-17-19-20-22-23-27-31-35-39-43-50-45(48)41-37-33-29-25-26-30-34-38-42-47-46(49)51-44-40-36-32-28-24-21-18-16-14-12-10-8-6-4-2/h3-44H2,1-2H3,(H,47,49). The largest absolute Gasteiger partial charge is 0.466 e. The quantitative estimate of drug-likeness (QED) is 0.0503. The Morgan fingerprint density at radius 1 is 0.333 bits per heavy atom. The van der Waals surface area contributed by atoms with Gasteiger partial charge in [-0.25, -0.2) is 4.79 Å². The Hall–Kier alpha value is -1.26. The maximum atomic E-state index is 12.0. The Balaban J connectivity index is 3.22. The van der Waals surface area contributed by atoms with Crippen LogP contribution >= 0.6 is 0 Å². The van der Waals surface area contributed by atoms with Crippen molar-refractivity contribution in [1.29, 1.82) is 0 Å². The van der Waals surface area contributed by atoms with Gasteiger partial charge in [0.25, 0.3) is 0 Å². The van der Waals surface area contributed by atoms with Crippen molar-refractivity contribution >= 4 is 12.1 Å². The molecule has 0 radical (unpaired) electrons. The Morgan fingerprint density at radius 2 is 0.608 bits per heavy atom. The van der Waals surface area contributed by atoms with E-state index in [1.165, 1.54) is 199 Å². The molecule has 0 unspecified atom stereocenters. The number of unbranched alkanes of at least 4 members (excludes halogenated alkanes) is 35. The molecule has 0 atom stereocenters. The van der Waals surface area contributed by atoms with Crippen LogP contribution in [0.25, 0.3) is 0 Å². The molecule has 0 aliphatic rings.